The van der Waals surface area contributed by atoms with Crippen molar-refractivity contribution in [1.29, 1.82) is 0 Å². The highest BCUT2D eigenvalue weighted by molar-refractivity contribution is 5.52. The number of aryl methyl sites for hydroxylation is 1. The third-order valence-electron chi connectivity index (χ3n) is 3.33. The van der Waals surface area contributed by atoms with Crippen molar-refractivity contribution in [2.24, 2.45) is 0 Å². The summed E-state index contributed by atoms with van der Waals surface area (Å²) in [5.41, 5.74) is 4.09. The van der Waals surface area contributed by atoms with Crippen LogP contribution in [-0.4, -0.2) is 13.1 Å². The van der Waals surface area contributed by atoms with Gasteiger partial charge in [0.15, 0.2) is 0 Å². The van der Waals surface area contributed by atoms with Gasteiger partial charge in [-0.15, -0.1) is 12.3 Å². The van der Waals surface area contributed by atoms with Gasteiger partial charge in [0.2, 0.25) is 0 Å². The Labute approximate surface area is 98.5 Å². The lowest BCUT2D eigenvalue weighted by atomic mass is 10.0. The van der Waals surface area contributed by atoms with Crippen LogP contribution in [0.5, 0.6) is 0 Å². The monoisotopic (exact) mass is 213 g/mol. The van der Waals surface area contributed by atoms with Gasteiger partial charge in [-0.3, -0.25) is 0 Å². The fraction of sp³-hybridized carbons (Fsp3) is 0.467. The molecule has 0 aromatic heterocycles. The molecule has 1 nitrogen and oxygen atoms in total. The van der Waals surface area contributed by atoms with Crippen LogP contribution in [0.2, 0.25) is 0 Å². The normalized spacial score (nSPS) is 15.1. The first-order chi connectivity index (χ1) is 7.85. The standard InChI is InChI=1S/C15H19N/c1-3-7-14-8-9-15(12-13(14)4-2)16-10-5-6-11-16/h1,8-9,12H,4-7,10-11H2,2H3. The van der Waals surface area contributed by atoms with Crippen molar-refractivity contribution in [3.05, 3.63) is 29.3 Å². The van der Waals surface area contributed by atoms with E-state index in [4.69, 9.17) is 6.42 Å². The van der Waals surface area contributed by atoms with E-state index < -0.39 is 0 Å². The molecule has 0 bridgehead atoms. The second-order valence-electron chi connectivity index (χ2n) is 4.38. The Balaban J connectivity index is 2.25. The molecule has 1 heteroatoms. The van der Waals surface area contributed by atoms with Crippen LogP contribution >= 0.6 is 0 Å². The van der Waals surface area contributed by atoms with E-state index in [0.29, 0.717) is 0 Å². The van der Waals surface area contributed by atoms with E-state index in [-0.39, 0.29) is 0 Å². The van der Waals surface area contributed by atoms with Gasteiger partial charge in [-0.2, -0.15) is 0 Å². The third-order valence-corrected chi connectivity index (χ3v) is 3.33. The second-order valence-corrected chi connectivity index (χ2v) is 4.38. The van der Waals surface area contributed by atoms with Crippen molar-refractivity contribution in [3.8, 4) is 12.3 Å². The van der Waals surface area contributed by atoms with E-state index in [2.05, 4.69) is 35.9 Å². The van der Waals surface area contributed by atoms with Gasteiger partial charge in [0.05, 0.1) is 0 Å². The van der Waals surface area contributed by atoms with Gasteiger partial charge in [0, 0.05) is 25.2 Å². The summed E-state index contributed by atoms with van der Waals surface area (Å²) in [7, 11) is 0. The van der Waals surface area contributed by atoms with Gasteiger partial charge in [-0.05, 0) is 42.5 Å². The predicted octanol–water partition coefficient (Wildman–Crippen LogP) is 3.02. The Kier molecular flexibility index (Phi) is 3.51. The van der Waals surface area contributed by atoms with E-state index in [0.717, 1.165) is 12.8 Å². The number of terminal acetylenes is 1. The van der Waals surface area contributed by atoms with Crippen LogP contribution in [0, 0.1) is 12.3 Å². The molecule has 0 atom stereocenters. The third kappa shape index (κ3) is 2.22. The average molecular weight is 213 g/mol. The van der Waals surface area contributed by atoms with Gasteiger partial charge in [0.1, 0.15) is 0 Å². The minimum absolute atomic E-state index is 0.753. The first-order valence-electron chi connectivity index (χ1n) is 6.15. The SMILES string of the molecule is C#CCc1ccc(N2CCCC2)cc1CC. The maximum absolute atomic E-state index is 5.38. The van der Waals surface area contributed by atoms with Crippen LogP contribution in [0.3, 0.4) is 0 Å². The highest BCUT2D eigenvalue weighted by Crippen LogP contribution is 2.23. The van der Waals surface area contributed by atoms with Gasteiger partial charge in [-0.1, -0.05) is 13.0 Å². The average Bonchev–Trinajstić information content (AvgIpc) is 2.83. The Morgan fingerprint density at radius 3 is 2.62 bits per heavy atom. The van der Waals surface area contributed by atoms with Crippen molar-refractivity contribution in [2.75, 3.05) is 18.0 Å². The van der Waals surface area contributed by atoms with E-state index in [9.17, 15) is 0 Å². The Morgan fingerprint density at radius 1 is 1.25 bits per heavy atom. The number of hydrogen-bond acceptors (Lipinski definition) is 1. The molecule has 1 saturated heterocycles. The Hall–Kier alpha value is -1.42. The molecule has 2 rings (SSSR count). The first kappa shape index (κ1) is 11.1. The molecule has 0 spiro atoms. The molecule has 0 aliphatic carbocycles. The number of anilines is 1. The van der Waals surface area contributed by atoms with Crippen molar-refractivity contribution >= 4 is 5.69 Å². The minimum Gasteiger partial charge on any atom is -0.372 e. The van der Waals surface area contributed by atoms with Crippen molar-refractivity contribution in [3.63, 3.8) is 0 Å². The smallest absolute Gasteiger partial charge is 0.0369 e. The summed E-state index contributed by atoms with van der Waals surface area (Å²) in [5.74, 6) is 2.73. The summed E-state index contributed by atoms with van der Waals surface area (Å²) in [5, 5.41) is 0. The Morgan fingerprint density at radius 2 is 2.00 bits per heavy atom. The molecule has 1 aliphatic heterocycles. The first-order valence-corrected chi connectivity index (χ1v) is 6.15. The number of hydrogen-bond donors (Lipinski definition) is 0. The molecular weight excluding hydrogens is 194 g/mol. The molecule has 84 valence electrons. The molecule has 0 radical (unpaired) electrons. The van der Waals surface area contributed by atoms with Crippen molar-refractivity contribution in [1.82, 2.24) is 0 Å². The molecule has 1 aliphatic rings. The summed E-state index contributed by atoms with van der Waals surface area (Å²) in [6.07, 6.45) is 9.86. The van der Waals surface area contributed by atoms with Gasteiger partial charge in [-0.25, -0.2) is 0 Å². The van der Waals surface area contributed by atoms with E-state index in [1.54, 1.807) is 0 Å². The molecule has 1 aromatic carbocycles. The maximum Gasteiger partial charge on any atom is 0.0369 e. The van der Waals surface area contributed by atoms with E-state index in [1.165, 1.54) is 42.7 Å². The lowest BCUT2D eigenvalue weighted by Gasteiger charge is -2.19. The fourth-order valence-electron chi connectivity index (χ4n) is 2.40. The van der Waals surface area contributed by atoms with E-state index >= 15 is 0 Å². The van der Waals surface area contributed by atoms with Crippen LogP contribution in [0.1, 0.15) is 30.9 Å². The lowest BCUT2D eigenvalue weighted by molar-refractivity contribution is 0.949. The molecule has 0 unspecified atom stereocenters. The van der Waals surface area contributed by atoms with Gasteiger partial charge in [0.25, 0.3) is 0 Å². The van der Waals surface area contributed by atoms with Crippen molar-refractivity contribution < 1.29 is 0 Å². The molecule has 1 aromatic rings. The van der Waals surface area contributed by atoms with Crippen LogP contribution in [0.25, 0.3) is 0 Å². The van der Waals surface area contributed by atoms with Gasteiger partial charge >= 0.3 is 0 Å². The molecule has 0 amide bonds. The summed E-state index contributed by atoms with van der Waals surface area (Å²) in [4.78, 5) is 2.47. The molecule has 0 N–H and O–H groups in total. The Bertz CT molecular complexity index is 394. The molecule has 1 heterocycles. The lowest BCUT2D eigenvalue weighted by Crippen LogP contribution is -2.17. The summed E-state index contributed by atoms with van der Waals surface area (Å²) in [6.45, 7) is 4.61. The highest BCUT2D eigenvalue weighted by atomic mass is 15.1. The highest BCUT2D eigenvalue weighted by Gasteiger charge is 2.13. The van der Waals surface area contributed by atoms with Crippen molar-refractivity contribution in [2.45, 2.75) is 32.6 Å². The molecular formula is C15H19N. The summed E-state index contributed by atoms with van der Waals surface area (Å²) >= 11 is 0. The number of nitrogens with zero attached hydrogens (tertiary/aromatic N) is 1. The zero-order valence-electron chi connectivity index (χ0n) is 10.00. The fourth-order valence-corrected chi connectivity index (χ4v) is 2.40. The van der Waals surface area contributed by atoms with Crippen LogP contribution < -0.4 is 4.90 Å². The van der Waals surface area contributed by atoms with Crippen LogP contribution in [0.4, 0.5) is 5.69 Å². The zero-order chi connectivity index (χ0) is 11.4. The topological polar surface area (TPSA) is 3.24 Å². The predicted molar refractivity (Wildman–Crippen MR) is 69.8 cm³/mol. The number of benzene rings is 1. The quantitative estimate of drug-likeness (QED) is 0.698. The van der Waals surface area contributed by atoms with E-state index in [1.807, 2.05) is 0 Å². The molecule has 0 saturated carbocycles. The molecule has 16 heavy (non-hydrogen) atoms. The minimum atomic E-state index is 0.753. The van der Waals surface area contributed by atoms with Crippen LogP contribution in [0.15, 0.2) is 18.2 Å². The largest absolute Gasteiger partial charge is 0.372 e. The zero-order valence-corrected chi connectivity index (χ0v) is 10.00. The second kappa shape index (κ2) is 5.07. The van der Waals surface area contributed by atoms with Crippen LogP contribution in [-0.2, 0) is 12.8 Å². The summed E-state index contributed by atoms with van der Waals surface area (Å²) < 4.78 is 0. The maximum atomic E-state index is 5.38. The van der Waals surface area contributed by atoms with Gasteiger partial charge < -0.3 is 4.90 Å². The number of rotatable bonds is 3. The molecule has 1 fully saturated rings. The summed E-state index contributed by atoms with van der Waals surface area (Å²) in [6, 6.07) is 6.74.